The van der Waals surface area contributed by atoms with Crippen LogP contribution in [0.2, 0.25) is 0 Å². The molecule has 9 nitrogen and oxygen atoms in total. The molecule has 7 rings (SSSR count). The number of halogens is 3. The number of ether oxygens (including phenoxy) is 1. The van der Waals surface area contributed by atoms with E-state index in [4.69, 9.17) is 4.74 Å². The molecule has 2 N–H and O–H groups in total. The molecule has 0 aliphatic heterocycles. The highest BCUT2D eigenvalue weighted by molar-refractivity contribution is 6.09. The van der Waals surface area contributed by atoms with E-state index < -0.39 is 35.6 Å². The second-order valence-electron chi connectivity index (χ2n) is 13.9. The van der Waals surface area contributed by atoms with Gasteiger partial charge in [0.05, 0.1) is 16.6 Å². The number of carbonyl (C=O) groups is 4. The Kier molecular flexibility index (Phi) is 12.1. The van der Waals surface area contributed by atoms with E-state index in [0.717, 1.165) is 23.3 Å². The van der Waals surface area contributed by atoms with E-state index in [2.05, 4.69) is 15.6 Å². The molecule has 0 bridgehead atoms. The smallest absolute Gasteiger partial charge is 0.416 e. The van der Waals surface area contributed by atoms with Crippen molar-refractivity contribution in [2.75, 3.05) is 12.4 Å². The first-order chi connectivity index (χ1) is 28.9. The number of carbonyl (C=O) groups excluding carboxylic acids is 4. The van der Waals surface area contributed by atoms with Crippen molar-refractivity contribution in [2.24, 2.45) is 0 Å². The second-order valence-corrected chi connectivity index (χ2v) is 13.9. The van der Waals surface area contributed by atoms with Gasteiger partial charge in [-0.2, -0.15) is 13.2 Å². The Morgan fingerprint density at radius 2 is 1.33 bits per heavy atom. The van der Waals surface area contributed by atoms with Gasteiger partial charge in [0.15, 0.2) is 0 Å². The lowest BCUT2D eigenvalue weighted by Crippen LogP contribution is -2.41. The zero-order valence-corrected chi connectivity index (χ0v) is 32.1. The van der Waals surface area contributed by atoms with Crippen molar-refractivity contribution in [3.63, 3.8) is 0 Å². The number of hydrogen-bond donors (Lipinski definition) is 2. The summed E-state index contributed by atoms with van der Waals surface area (Å²) in [4.78, 5) is 59.7. The minimum absolute atomic E-state index is 0.152. The largest absolute Gasteiger partial charge is 0.457 e. The van der Waals surface area contributed by atoms with Crippen LogP contribution < -0.4 is 10.6 Å². The molecule has 0 fully saturated rings. The van der Waals surface area contributed by atoms with Gasteiger partial charge in [-0.3, -0.25) is 14.4 Å². The zero-order valence-electron chi connectivity index (χ0n) is 32.1. The van der Waals surface area contributed by atoms with Gasteiger partial charge >= 0.3 is 12.1 Å². The number of aromatic nitrogens is 1. The van der Waals surface area contributed by atoms with Gasteiger partial charge in [-0.1, -0.05) is 103 Å². The Hall–Kier alpha value is -7.60. The first-order valence-electron chi connectivity index (χ1n) is 18.8. The Morgan fingerprint density at radius 1 is 0.683 bits per heavy atom. The predicted molar refractivity (Wildman–Crippen MR) is 222 cm³/mol. The van der Waals surface area contributed by atoms with Gasteiger partial charge < -0.3 is 20.3 Å². The molecule has 6 aromatic carbocycles. The third-order valence-corrected chi connectivity index (χ3v) is 9.74. The summed E-state index contributed by atoms with van der Waals surface area (Å²) in [5, 5.41) is 6.25. The van der Waals surface area contributed by atoms with Gasteiger partial charge in [0.25, 0.3) is 11.8 Å². The summed E-state index contributed by atoms with van der Waals surface area (Å²) < 4.78 is 44.8. The van der Waals surface area contributed by atoms with Crippen molar-refractivity contribution >= 4 is 40.4 Å². The predicted octanol–water partition coefficient (Wildman–Crippen LogP) is 9.66. The van der Waals surface area contributed by atoms with Gasteiger partial charge in [-0.15, -0.1) is 0 Å². The number of benzene rings is 6. The molecule has 12 heteroatoms. The molecular weight excluding hydrogens is 770 g/mol. The molecule has 0 radical (unpaired) electrons. The minimum Gasteiger partial charge on any atom is -0.457 e. The standard InChI is InChI=1S/C48H37F3N4O5/c1-55(29-31-16-18-35(19-17-31)47(59)60-30-32-10-4-2-5-11-32)46(58)43(34-12-6-3-7-13-34)54-44(56)37-22-26-41-36(28-37)23-27-42(52-41)53-45(57)40-15-9-8-14-39(40)33-20-24-38(25-21-33)48(49,50)51/h2-28,43H,29-30H2,1H3,(H,54,56)(H,52,53,57)/t43-/m0/s1. The van der Waals surface area contributed by atoms with Crippen LogP contribution in [0.25, 0.3) is 22.0 Å². The number of amides is 3. The van der Waals surface area contributed by atoms with Gasteiger partial charge in [-0.25, -0.2) is 9.78 Å². The van der Waals surface area contributed by atoms with Crippen LogP contribution in [0.1, 0.15) is 59.4 Å². The summed E-state index contributed by atoms with van der Waals surface area (Å²) in [6.07, 6.45) is -4.48. The van der Waals surface area contributed by atoms with Gasteiger partial charge in [0.2, 0.25) is 5.91 Å². The number of nitrogens with one attached hydrogen (secondary N) is 2. The third-order valence-electron chi connectivity index (χ3n) is 9.74. The summed E-state index contributed by atoms with van der Waals surface area (Å²) >= 11 is 0. The Morgan fingerprint density at radius 3 is 2.03 bits per heavy atom. The first-order valence-corrected chi connectivity index (χ1v) is 18.8. The van der Waals surface area contributed by atoms with Crippen LogP contribution in [0.5, 0.6) is 0 Å². The summed E-state index contributed by atoms with van der Waals surface area (Å²) in [6.45, 7) is 0.359. The normalized spacial score (nSPS) is 11.7. The molecule has 0 aliphatic carbocycles. The molecule has 1 atom stereocenters. The third kappa shape index (κ3) is 9.74. The number of fused-ring (bicyclic) bond motifs is 1. The molecule has 7 aromatic rings. The molecule has 1 aromatic heterocycles. The fraction of sp³-hybridized carbons (Fsp3) is 0.104. The summed E-state index contributed by atoms with van der Waals surface area (Å²) in [5.41, 5.74) is 3.71. The summed E-state index contributed by atoms with van der Waals surface area (Å²) in [7, 11) is 1.64. The van der Waals surface area contributed by atoms with Crippen LogP contribution in [-0.4, -0.2) is 40.6 Å². The van der Waals surface area contributed by atoms with Crippen LogP contribution in [0.3, 0.4) is 0 Å². The van der Waals surface area contributed by atoms with Crippen molar-refractivity contribution in [1.82, 2.24) is 15.2 Å². The molecule has 300 valence electrons. The van der Waals surface area contributed by atoms with Gasteiger partial charge in [0.1, 0.15) is 18.5 Å². The lowest BCUT2D eigenvalue weighted by molar-refractivity contribution is -0.137. The SMILES string of the molecule is CN(Cc1ccc(C(=O)OCc2ccccc2)cc1)C(=O)[C@@H](NC(=O)c1ccc2nc(NC(=O)c3ccccc3-c3ccc(C(F)(F)F)cc3)ccc2c1)c1ccccc1. The van der Waals surface area contributed by atoms with Crippen molar-refractivity contribution in [3.05, 3.63) is 203 Å². The topological polar surface area (TPSA) is 118 Å². The van der Waals surface area contributed by atoms with Gasteiger partial charge in [-0.05, 0) is 88.5 Å². The van der Waals surface area contributed by atoms with E-state index in [9.17, 15) is 32.3 Å². The summed E-state index contributed by atoms with van der Waals surface area (Å²) in [5.74, 6) is -1.60. The average Bonchev–Trinajstić information content (AvgIpc) is 3.27. The van der Waals surface area contributed by atoms with Crippen molar-refractivity contribution in [2.45, 2.75) is 25.4 Å². The minimum atomic E-state index is -4.48. The zero-order chi connectivity index (χ0) is 42.2. The fourth-order valence-corrected chi connectivity index (χ4v) is 6.56. The lowest BCUT2D eigenvalue weighted by Gasteiger charge is -2.25. The Labute approximate surface area is 343 Å². The quantitative estimate of drug-likeness (QED) is 0.119. The number of hydrogen-bond acceptors (Lipinski definition) is 6. The number of likely N-dealkylation sites (N-methyl/N-ethyl adjacent to an activating group) is 1. The van der Waals surface area contributed by atoms with E-state index in [1.807, 2.05) is 36.4 Å². The molecule has 0 aliphatic rings. The fourth-order valence-electron chi connectivity index (χ4n) is 6.56. The Balaban J connectivity index is 1.01. The molecule has 0 unspecified atom stereocenters. The number of alkyl halides is 3. The highest BCUT2D eigenvalue weighted by Gasteiger charge is 2.30. The maximum absolute atomic E-state index is 14.0. The van der Waals surface area contributed by atoms with Crippen LogP contribution in [-0.2, 0) is 28.9 Å². The number of esters is 1. The van der Waals surface area contributed by atoms with Crippen LogP contribution in [0.4, 0.5) is 19.0 Å². The molecule has 1 heterocycles. The number of rotatable bonds is 12. The molecule has 0 saturated heterocycles. The maximum atomic E-state index is 14.0. The number of nitrogens with zero attached hydrogens (tertiary/aromatic N) is 2. The van der Waals surface area contributed by atoms with Crippen LogP contribution in [0.15, 0.2) is 164 Å². The molecule has 60 heavy (non-hydrogen) atoms. The highest BCUT2D eigenvalue weighted by Crippen LogP contribution is 2.32. The van der Waals surface area contributed by atoms with Crippen LogP contribution in [0, 0.1) is 0 Å². The van der Waals surface area contributed by atoms with E-state index in [0.29, 0.717) is 33.2 Å². The van der Waals surface area contributed by atoms with E-state index in [1.165, 1.54) is 17.0 Å². The lowest BCUT2D eigenvalue weighted by atomic mass is 9.98. The second kappa shape index (κ2) is 17.9. The molecule has 0 spiro atoms. The average molecular weight is 807 g/mol. The van der Waals surface area contributed by atoms with Crippen LogP contribution >= 0.6 is 0 Å². The summed E-state index contributed by atoms with van der Waals surface area (Å²) in [6, 6.07) is 43.3. The van der Waals surface area contributed by atoms with Gasteiger partial charge in [0, 0.05) is 30.1 Å². The number of anilines is 1. The molecule has 3 amide bonds. The van der Waals surface area contributed by atoms with Crippen molar-refractivity contribution in [1.29, 1.82) is 0 Å². The van der Waals surface area contributed by atoms with Crippen molar-refractivity contribution in [3.8, 4) is 11.1 Å². The number of pyridine rings is 1. The van der Waals surface area contributed by atoms with Crippen molar-refractivity contribution < 1.29 is 37.1 Å². The van der Waals surface area contributed by atoms with E-state index >= 15 is 0 Å². The maximum Gasteiger partial charge on any atom is 0.416 e. The first kappa shape index (κ1) is 40.6. The Bertz CT molecular complexity index is 2660. The monoisotopic (exact) mass is 806 g/mol. The molecular formula is C48H37F3N4O5. The highest BCUT2D eigenvalue weighted by atomic mass is 19.4. The van der Waals surface area contributed by atoms with E-state index in [-0.39, 0.29) is 36.0 Å². The molecule has 0 saturated carbocycles. The van der Waals surface area contributed by atoms with E-state index in [1.54, 1.807) is 110 Å².